The molecule has 7 nitrogen and oxygen atoms in total. The zero-order chi connectivity index (χ0) is 20.7. The zero-order valence-corrected chi connectivity index (χ0v) is 17.1. The molecular formula is C22H30N2O5. The van der Waals surface area contributed by atoms with Gasteiger partial charge in [0.2, 0.25) is 5.91 Å². The van der Waals surface area contributed by atoms with Crippen LogP contribution in [0.25, 0.3) is 0 Å². The minimum Gasteiger partial charge on any atom is -0.491 e. The Labute approximate surface area is 172 Å². The quantitative estimate of drug-likeness (QED) is 0.471. The van der Waals surface area contributed by atoms with Crippen molar-refractivity contribution < 1.29 is 23.7 Å². The van der Waals surface area contributed by atoms with Crippen molar-refractivity contribution in [2.24, 2.45) is 0 Å². The first-order valence-corrected chi connectivity index (χ1v) is 9.86. The molecule has 2 rings (SSSR count). The molecule has 29 heavy (non-hydrogen) atoms. The first kappa shape index (κ1) is 22.5. The van der Waals surface area contributed by atoms with Gasteiger partial charge in [0.25, 0.3) is 0 Å². The van der Waals surface area contributed by atoms with Crippen LogP contribution in [0.5, 0.6) is 11.5 Å². The van der Waals surface area contributed by atoms with Gasteiger partial charge < -0.3 is 29.6 Å². The summed E-state index contributed by atoms with van der Waals surface area (Å²) in [7, 11) is 0. The normalized spacial score (nSPS) is 10.4. The van der Waals surface area contributed by atoms with Gasteiger partial charge in [-0.3, -0.25) is 4.79 Å². The highest BCUT2D eigenvalue weighted by molar-refractivity contribution is 5.94. The van der Waals surface area contributed by atoms with Gasteiger partial charge in [0.05, 0.1) is 25.4 Å². The molecule has 0 atom stereocenters. The average molecular weight is 402 g/mol. The van der Waals surface area contributed by atoms with E-state index in [9.17, 15) is 4.79 Å². The summed E-state index contributed by atoms with van der Waals surface area (Å²) in [4.78, 5) is 12.2. The predicted molar refractivity (Wildman–Crippen MR) is 114 cm³/mol. The fraction of sp³-hybridized carbons (Fsp3) is 0.409. The van der Waals surface area contributed by atoms with Crippen molar-refractivity contribution in [3.63, 3.8) is 0 Å². The van der Waals surface area contributed by atoms with Gasteiger partial charge in [-0.05, 0) is 50.2 Å². The highest BCUT2D eigenvalue weighted by Crippen LogP contribution is 2.23. The Kier molecular flexibility index (Phi) is 10.4. The molecule has 0 unspecified atom stereocenters. The molecule has 2 aromatic rings. The number of carbonyl (C=O) groups is 1. The number of benzene rings is 2. The van der Waals surface area contributed by atoms with Gasteiger partial charge in [-0.2, -0.15) is 0 Å². The highest BCUT2D eigenvalue weighted by Gasteiger charge is 2.07. The maximum Gasteiger partial charge on any atom is 0.243 e. The van der Waals surface area contributed by atoms with Crippen LogP contribution in [0.3, 0.4) is 0 Å². The maximum absolute atomic E-state index is 12.2. The Bertz CT molecular complexity index is 721. The molecule has 7 heteroatoms. The smallest absolute Gasteiger partial charge is 0.243 e. The number of anilines is 2. The molecule has 0 aromatic heterocycles. The lowest BCUT2D eigenvalue weighted by molar-refractivity contribution is -0.114. The van der Waals surface area contributed by atoms with Crippen LogP contribution in [0.4, 0.5) is 11.4 Å². The largest absolute Gasteiger partial charge is 0.491 e. The number of carbonyl (C=O) groups excluding carboxylic acids is 1. The van der Waals surface area contributed by atoms with Crippen molar-refractivity contribution in [3.05, 3.63) is 48.5 Å². The molecule has 0 spiro atoms. The lowest BCUT2D eigenvalue weighted by Crippen LogP contribution is -2.22. The first-order valence-electron chi connectivity index (χ1n) is 9.86. The number of hydrogen-bond donors (Lipinski definition) is 2. The van der Waals surface area contributed by atoms with Crippen LogP contribution in [-0.2, 0) is 14.3 Å². The molecule has 0 aliphatic rings. The van der Waals surface area contributed by atoms with E-state index in [4.69, 9.17) is 18.9 Å². The van der Waals surface area contributed by atoms with E-state index in [-0.39, 0.29) is 12.5 Å². The van der Waals surface area contributed by atoms with Crippen LogP contribution >= 0.6 is 0 Å². The Balaban J connectivity index is 1.77. The number of para-hydroxylation sites is 2. The monoisotopic (exact) mass is 402 g/mol. The van der Waals surface area contributed by atoms with E-state index < -0.39 is 0 Å². The minimum atomic E-state index is -0.154. The van der Waals surface area contributed by atoms with Crippen molar-refractivity contribution in [1.29, 1.82) is 0 Å². The second kappa shape index (κ2) is 13.4. The van der Waals surface area contributed by atoms with E-state index in [1.54, 1.807) is 12.1 Å². The van der Waals surface area contributed by atoms with E-state index in [0.717, 1.165) is 11.4 Å². The Morgan fingerprint density at radius 1 is 0.828 bits per heavy atom. The molecule has 0 aliphatic carbocycles. The summed E-state index contributed by atoms with van der Waals surface area (Å²) in [5.74, 6) is 1.27. The Morgan fingerprint density at radius 3 is 2.17 bits per heavy atom. The molecule has 0 fully saturated rings. The summed E-state index contributed by atoms with van der Waals surface area (Å²) in [6.45, 7) is 7.37. The SMILES string of the molecule is CCOCCOc1ccc(NC(=O)CNc2ccccc2OCCOCC)cc1. The summed E-state index contributed by atoms with van der Waals surface area (Å²) >= 11 is 0. The van der Waals surface area contributed by atoms with Crippen molar-refractivity contribution in [1.82, 2.24) is 0 Å². The van der Waals surface area contributed by atoms with Crippen molar-refractivity contribution in [2.45, 2.75) is 13.8 Å². The number of nitrogens with one attached hydrogen (secondary N) is 2. The number of amides is 1. The van der Waals surface area contributed by atoms with Crippen LogP contribution in [0.15, 0.2) is 48.5 Å². The lowest BCUT2D eigenvalue weighted by atomic mass is 10.3. The summed E-state index contributed by atoms with van der Waals surface area (Å²) in [6, 6.07) is 14.7. The zero-order valence-electron chi connectivity index (χ0n) is 17.1. The molecular weight excluding hydrogens is 372 g/mol. The maximum atomic E-state index is 12.2. The number of ether oxygens (including phenoxy) is 4. The molecule has 0 radical (unpaired) electrons. The molecule has 0 heterocycles. The summed E-state index contributed by atoms with van der Waals surface area (Å²) < 4.78 is 21.8. The van der Waals surface area contributed by atoms with Crippen LogP contribution in [0, 0.1) is 0 Å². The van der Waals surface area contributed by atoms with E-state index >= 15 is 0 Å². The third-order valence-corrected chi connectivity index (χ3v) is 3.85. The third kappa shape index (κ3) is 8.85. The van der Waals surface area contributed by atoms with Gasteiger partial charge >= 0.3 is 0 Å². The second-order valence-electron chi connectivity index (χ2n) is 6.01. The van der Waals surface area contributed by atoms with Gasteiger partial charge in [-0.15, -0.1) is 0 Å². The number of hydrogen-bond acceptors (Lipinski definition) is 6. The molecule has 158 valence electrons. The van der Waals surface area contributed by atoms with Crippen LogP contribution in [-0.4, -0.2) is 52.1 Å². The molecule has 2 N–H and O–H groups in total. The Morgan fingerprint density at radius 2 is 1.48 bits per heavy atom. The average Bonchev–Trinajstić information content (AvgIpc) is 2.75. The standard InChI is InChI=1S/C22H30N2O5/c1-3-26-13-15-28-19-11-9-18(10-12-19)24-22(25)17-23-20-7-5-6-8-21(20)29-16-14-27-4-2/h5-12,23H,3-4,13-17H2,1-2H3,(H,24,25). The summed E-state index contributed by atoms with van der Waals surface area (Å²) in [5, 5.41) is 5.96. The minimum absolute atomic E-state index is 0.123. The van der Waals surface area contributed by atoms with Crippen molar-refractivity contribution in [3.8, 4) is 11.5 Å². The third-order valence-electron chi connectivity index (χ3n) is 3.85. The highest BCUT2D eigenvalue weighted by atomic mass is 16.5. The molecule has 0 saturated heterocycles. The molecule has 0 aliphatic heterocycles. The molecule has 1 amide bonds. The fourth-order valence-electron chi connectivity index (χ4n) is 2.47. The van der Waals surface area contributed by atoms with Gasteiger partial charge in [-0.25, -0.2) is 0 Å². The van der Waals surface area contributed by atoms with Gasteiger partial charge in [-0.1, -0.05) is 12.1 Å². The topological polar surface area (TPSA) is 78.1 Å². The van der Waals surface area contributed by atoms with Crippen LogP contribution in [0.1, 0.15) is 13.8 Å². The van der Waals surface area contributed by atoms with Gasteiger partial charge in [0.15, 0.2) is 0 Å². The first-order chi connectivity index (χ1) is 14.2. The summed E-state index contributed by atoms with van der Waals surface area (Å²) in [6.07, 6.45) is 0. The lowest BCUT2D eigenvalue weighted by Gasteiger charge is -2.13. The van der Waals surface area contributed by atoms with Crippen molar-refractivity contribution in [2.75, 3.05) is 56.8 Å². The van der Waals surface area contributed by atoms with E-state index in [0.29, 0.717) is 51.1 Å². The number of rotatable bonds is 14. The molecule has 0 saturated carbocycles. The van der Waals surface area contributed by atoms with Gasteiger partial charge in [0, 0.05) is 18.9 Å². The fourth-order valence-corrected chi connectivity index (χ4v) is 2.47. The van der Waals surface area contributed by atoms with Gasteiger partial charge in [0.1, 0.15) is 24.7 Å². The van der Waals surface area contributed by atoms with Crippen LogP contribution < -0.4 is 20.1 Å². The second-order valence-corrected chi connectivity index (χ2v) is 6.01. The summed E-state index contributed by atoms with van der Waals surface area (Å²) in [5.41, 5.74) is 1.47. The molecule has 0 bridgehead atoms. The van der Waals surface area contributed by atoms with E-state index in [2.05, 4.69) is 10.6 Å². The van der Waals surface area contributed by atoms with E-state index in [1.807, 2.05) is 50.2 Å². The molecule has 2 aromatic carbocycles. The van der Waals surface area contributed by atoms with Crippen molar-refractivity contribution >= 4 is 17.3 Å². The van der Waals surface area contributed by atoms with E-state index in [1.165, 1.54) is 0 Å². The van der Waals surface area contributed by atoms with Crippen LogP contribution in [0.2, 0.25) is 0 Å². The Hall–Kier alpha value is -2.77. The predicted octanol–water partition coefficient (Wildman–Crippen LogP) is 3.57.